The molecule has 18 heavy (non-hydrogen) atoms. The van der Waals surface area contributed by atoms with Crippen LogP contribution in [0.15, 0.2) is 24.3 Å². The summed E-state index contributed by atoms with van der Waals surface area (Å²) >= 11 is 0. The van der Waals surface area contributed by atoms with E-state index in [4.69, 9.17) is 10.5 Å². The highest BCUT2D eigenvalue weighted by Crippen LogP contribution is 2.30. The highest BCUT2D eigenvalue weighted by atomic mass is 16.5. The summed E-state index contributed by atoms with van der Waals surface area (Å²) in [7, 11) is 1.43. The number of methoxy groups -OCH3 is 1. The van der Waals surface area contributed by atoms with E-state index in [9.17, 15) is 4.79 Å². The van der Waals surface area contributed by atoms with Crippen molar-refractivity contribution in [2.75, 3.05) is 12.8 Å². The van der Waals surface area contributed by atoms with Crippen LogP contribution < -0.4 is 5.73 Å². The topological polar surface area (TPSA) is 55.6 Å². The summed E-state index contributed by atoms with van der Waals surface area (Å²) in [6, 6.07) is 8.10. The van der Waals surface area contributed by atoms with Crippen LogP contribution in [0.3, 0.4) is 0 Å². The summed E-state index contributed by atoms with van der Waals surface area (Å²) in [6.07, 6.45) is 2.31. The van der Waals surface area contributed by atoms with Crippen LogP contribution in [0.25, 0.3) is 0 Å². The van der Waals surface area contributed by atoms with Crippen LogP contribution in [0.2, 0.25) is 0 Å². The Hall–Kier alpha value is -1.55. The van der Waals surface area contributed by atoms with E-state index in [1.807, 2.05) is 31.2 Å². The number of carbonyl (C=O) groups is 1. The molecule has 1 aromatic rings. The number of esters is 1. The van der Waals surface area contributed by atoms with Crippen molar-refractivity contribution in [2.45, 2.75) is 38.4 Å². The summed E-state index contributed by atoms with van der Waals surface area (Å²) in [6.45, 7) is 2.64. The minimum Gasteiger partial charge on any atom is -0.468 e. The third-order valence-electron chi connectivity index (χ3n) is 3.37. The fourth-order valence-corrected chi connectivity index (χ4v) is 2.20. The van der Waals surface area contributed by atoms with Crippen molar-refractivity contribution in [3.05, 3.63) is 29.8 Å². The molecule has 1 aliphatic carbocycles. The number of benzene rings is 1. The number of ether oxygens (including phenoxy) is 1. The van der Waals surface area contributed by atoms with Gasteiger partial charge in [-0.05, 0) is 37.5 Å². The van der Waals surface area contributed by atoms with Crippen molar-refractivity contribution in [3.63, 3.8) is 0 Å². The summed E-state index contributed by atoms with van der Waals surface area (Å²) < 4.78 is 4.83. The molecule has 1 aromatic carbocycles. The second-order valence-corrected chi connectivity index (χ2v) is 4.85. The Morgan fingerprint density at radius 1 is 1.56 bits per heavy atom. The lowest BCUT2D eigenvalue weighted by molar-refractivity contribution is -0.146. The van der Waals surface area contributed by atoms with Crippen molar-refractivity contribution in [2.24, 2.45) is 0 Å². The molecule has 2 N–H and O–H groups in total. The normalized spacial score (nSPS) is 16.6. The number of rotatable bonds is 5. The van der Waals surface area contributed by atoms with Crippen LogP contribution in [0.5, 0.6) is 0 Å². The van der Waals surface area contributed by atoms with E-state index in [0.717, 1.165) is 30.6 Å². The Morgan fingerprint density at radius 3 is 2.83 bits per heavy atom. The third kappa shape index (κ3) is 3.01. The third-order valence-corrected chi connectivity index (χ3v) is 3.37. The van der Waals surface area contributed by atoms with Crippen LogP contribution in [0.4, 0.5) is 5.69 Å². The molecule has 0 aliphatic heterocycles. The van der Waals surface area contributed by atoms with Gasteiger partial charge < -0.3 is 10.5 Å². The average Bonchev–Trinajstić information content (AvgIpc) is 3.18. The lowest BCUT2D eigenvalue weighted by Gasteiger charge is -2.27. The molecule has 0 spiro atoms. The molecule has 1 atom stereocenters. The maximum atomic E-state index is 11.7. The van der Waals surface area contributed by atoms with Gasteiger partial charge in [-0.1, -0.05) is 12.1 Å². The fraction of sp³-hybridized carbons (Fsp3) is 0.500. The lowest BCUT2D eigenvalue weighted by atomic mass is 10.1. The molecule has 0 radical (unpaired) electrons. The number of hydrogen-bond acceptors (Lipinski definition) is 4. The number of anilines is 1. The van der Waals surface area contributed by atoms with Crippen molar-refractivity contribution in [3.8, 4) is 0 Å². The molecule has 0 heterocycles. The Bertz CT molecular complexity index is 430. The summed E-state index contributed by atoms with van der Waals surface area (Å²) in [5.41, 5.74) is 7.67. The van der Waals surface area contributed by atoms with Crippen LogP contribution in [-0.4, -0.2) is 30.1 Å². The van der Waals surface area contributed by atoms with Crippen molar-refractivity contribution in [1.29, 1.82) is 0 Å². The second-order valence-electron chi connectivity index (χ2n) is 4.85. The molecule has 0 amide bonds. The standard InChI is InChI=1S/C14H20N2O2/c1-10(14(17)18-2)16(13-6-7-13)9-11-4-3-5-12(15)8-11/h3-5,8,10,13H,6-7,9,15H2,1-2H3. The maximum Gasteiger partial charge on any atom is 0.322 e. The van der Waals surface area contributed by atoms with Crippen molar-refractivity contribution < 1.29 is 9.53 Å². The lowest BCUT2D eigenvalue weighted by Crippen LogP contribution is -2.40. The summed E-state index contributed by atoms with van der Waals surface area (Å²) in [5.74, 6) is -0.175. The fourth-order valence-electron chi connectivity index (χ4n) is 2.20. The SMILES string of the molecule is COC(=O)C(C)N(Cc1cccc(N)c1)C1CC1. The maximum absolute atomic E-state index is 11.7. The molecular weight excluding hydrogens is 228 g/mol. The molecule has 1 saturated carbocycles. The van der Waals surface area contributed by atoms with Gasteiger partial charge >= 0.3 is 5.97 Å². The molecule has 1 fully saturated rings. The van der Waals surface area contributed by atoms with Gasteiger partial charge in [0.25, 0.3) is 0 Å². The van der Waals surface area contributed by atoms with E-state index in [1.54, 1.807) is 0 Å². The van der Waals surface area contributed by atoms with E-state index in [2.05, 4.69) is 4.90 Å². The van der Waals surface area contributed by atoms with E-state index in [0.29, 0.717) is 6.04 Å². The number of nitrogens with two attached hydrogens (primary N) is 1. The summed E-state index contributed by atoms with van der Waals surface area (Å²) in [4.78, 5) is 13.8. The average molecular weight is 248 g/mol. The first-order chi connectivity index (χ1) is 8.61. The molecule has 0 saturated heterocycles. The molecular formula is C14H20N2O2. The number of nitrogens with zero attached hydrogens (tertiary/aromatic N) is 1. The first-order valence-electron chi connectivity index (χ1n) is 6.30. The smallest absolute Gasteiger partial charge is 0.322 e. The minimum atomic E-state index is -0.205. The molecule has 4 heteroatoms. The van der Waals surface area contributed by atoms with Gasteiger partial charge in [0.05, 0.1) is 7.11 Å². The molecule has 2 rings (SSSR count). The van der Waals surface area contributed by atoms with Gasteiger partial charge in [-0.2, -0.15) is 0 Å². The number of nitrogen functional groups attached to an aromatic ring is 1. The van der Waals surface area contributed by atoms with Gasteiger partial charge in [0, 0.05) is 18.3 Å². The van der Waals surface area contributed by atoms with Gasteiger partial charge in [0.15, 0.2) is 0 Å². The molecule has 0 aromatic heterocycles. The zero-order valence-electron chi connectivity index (χ0n) is 10.9. The quantitative estimate of drug-likeness (QED) is 0.637. The Balaban J connectivity index is 2.09. The largest absolute Gasteiger partial charge is 0.468 e. The van der Waals surface area contributed by atoms with E-state index >= 15 is 0 Å². The zero-order chi connectivity index (χ0) is 13.1. The molecule has 4 nitrogen and oxygen atoms in total. The Kier molecular flexibility index (Phi) is 3.87. The molecule has 1 aliphatic rings. The predicted molar refractivity (Wildman–Crippen MR) is 70.9 cm³/mol. The first-order valence-corrected chi connectivity index (χ1v) is 6.30. The van der Waals surface area contributed by atoms with Crippen LogP contribution in [0, 0.1) is 0 Å². The van der Waals surface area contributed by atoms with Crippen LogP contribution in [0.1, 0.15) is 25.3 Å². The Morgan fingerprint density at radius 2 is 2.28 bits per heavy atom. The highest BCUT2D eigenvalue weighted by molar-refractivity contribution is 5.75. The number of hydrogen-bond donors (Lipinski definition) is 1. The van der Waals surface area contributed by atoms with E-state index in [-0.39, 0.29) is 12.0 Å². The van der Waals surface area contributed by atoms with Gasteiger partial charge in [0.2, 0.25) is 0 Å². The van der Waals surface area contributed by atoms with Gasteiger partial charge in [-0.15, -0.1) is 0 Å². The van der Waals surface area contributed by atoms with E-state index < -0.39 is 0 Å². The second kappa shape index (κ2) is 5.40. The number of carbonyl (C=O) groups excluding carboxylic acids is 1. The van der Waals surface area contributed by atoms with E-state index in [1.165, 1.54) is 7.11 Å². The molecule has 0 bridgehead atoms. The highest BCUT2D eigenvalue weighted by Gasteiger charge is 2.35. The van der Waals surface area contributed by atoms with Gasteiger partial charge in [0.1, 0.15) is 6.04 Å². The summed E-state index contributed by atoms with van der Waals surface area (Å²) in [5, 5.41) is 0. The minimum absolute atomic E-state index is 0.175. The monoisotopic (exact) mass is 248 g/mol. The van der Waals surface area contributed by atoms with Gasteiger partial charge in [-0.25, -0.2) is 0 Å². The van der Waals surface area contributed by atoms with Crippen LogP contribution >= 0.6 is 0 Å². The van der Waals surface area contributed by atoms with Crippen molar-refractivity contribution >= 4 is 11.7 Å². The van der Waals surface area contributed by atoms with Crippen LogP contribution in [-0.2, 0) is 16.1 Å². The van der Waals surface area contributed by atoms with Gasteiger partial charge in [-0.3, -0.25) is 9.69 Å². The first kappa shape index (κ1) is 12.9. The molecule has 98 valence electrons. The molecule has 1 unspecified atom stereocenters. The van der Waals surface area contributed by atoms with Crippen molar-refractivity contribution in [1.82, 2.24) is 4.90 Å². The predicted octanol–water partition coefficient (Wildman–Crippen LogP) is 1.79. The zero-order valence-corrected chi connectivity index (χ0v) is 10.9. The Labute approximate surface area is 108 Å².